The van der Waals surface area contributed by atoms with E-state index in [1.165, 1.54) is 7.05 Å². The Balaban J connectivity index is 2.97. The van der Waals surface area contributed by atoms with Gasteiger partial charge in [-0.1, -0.05) is 0 Å². The van der Waals surface area contributed by atoms with Crippen molar-refractivity contribution in [2.45, 2.75) is 0 Å². The number of nitrogens with two attached hydrogens (primary N) is 1. The fourth-order valence-electron chi connectivity index (χ4n) is 0.791. The summed E-state index contributed by atoms with van der Waals surface area (Å²) in [5.74, 6) is -1.19. The quantitative estimate of drug-likeness (QED) is 0.550. The molecular formula is C6H8N4O4S2. The Hall–Kier alpha value is -1.55. The topological polar surface area (TPSA) is 125 Å². The summed E-state index contributed by atoms with van der Waals surface area (Å²) in [6.45, 7) is 0. The van der Waals surface area contributed by atoms with Gasteiger partial charge in [0, 0.05) is 18.6 Å². The number of aliphatic imine (C=N–C) groups is 1. The zero-order valence-electron chi connectivity index (χ0n) is 8.37. The summed E-state index contributed by atoms with van der Waals surface area (Å²) in [5.41, 5.74) is 5.02. The zero-order valence-corrected chi connectivity index (χ0v) is 10.0. The van der Waals surface area contributed by atoms with E-state index in [4.69, 9.17) is 5.73 Å². The molecule has 0 aliphatic rings. The Bertz CT molecular complexity index is 532. The van der Waals surface area contributed by atoms with Crippen LogP contribution in [0.2, 0.25) is 0 Å². The van der Waals surface area contributed by atoms with Crippen LogP contribution in [0.15, 0.2) is 4.99 Å². The molecule has 16 heavy (non-hydrogen) atoms. The molecule has 1 aromatic heterocycles. The lowest BCUT2D eigenvalue weighted by molar-refractivity contribution is -0.126. The first-order valence-electron chi connectivity index (χ1n) is 3.83. The highest BCUT2D eigenvalue weighted by Gasteiger charge is 2.23. The molecule has 0 saturated carbocycles. The first-order valence-corrected chi connectivity index (χ1v) is 6.42. The number of aromatic nitrogens is 2. The molecule has 1 heterocycles. The van der Waals surface area contributed by atoms with Gasteiger partial charge in [0.2, 0.25) is 5.82 Å². The third-order valence-corrected chi connectivity index (χ3v) is 2.29. The fourth-order valence-corrected chi connectivity index (χ4v) is 1.58. The predicted molar refractivity (Wildman–Crippen MR) is 57.7 cm³/mol. The van der Waals surface area contributed by atoms with E-state index in [0.717, 1.165) is 17.8 Å². The van der Waals surface area contributed by atoms with E-state index in [2.05, 4.69) is 18.5 Å². The molecule has 0 radical (unpaired) electrons. The molecule has 0 bridgehead atoms. The highest BCUT2D eigenvalue weighted by Crippen LogP contribution is 2.08. The normalized spacial score (nSPS) is 12.5. The lowest BCUT2D eigenvalue weighted by Gasteiger charge is -2.00. The molecule has 0 fully saturated rings. The van der Waals surface area contributed by atoms with Gasteiger partial charge in [0.05, 0.1) is 6.26 Å². The van der Waals surface area contributed by atoms with Crippen molar-refractivity contribution in [2.75, 3.05) is 19.0 Å². The number of carbonyl (C=O) groups is 1. The third-order valence-electron chi connectivity index (χ3n) is 1.30. The van der Waals surface area contributed by atoms with Gasteiger partial charge in [0.1, 0.15) is 0 Å². The minimum atomic E-state index is -3.89. The molecule has 0 saturated heterocycles. The molecule has 0 amide bonds. The molecule has 88 valence electrons. The van der Waals surface area contributed by atoms with Gasteiger partial charge in [0.25, 0.3) is 0 Å². The molecule has 0 atom stereocenters. The number of anilines is 1. The summed E-state index contributed by atoms with van der Waals surface area (Å²) in [5, 5.41) is 0.142. The van der Waals surface area contributed by atoms with Crippen molar-refractivity contribution in [1.82, 2.24) is 9.36 Å². The Kier molecular flexibility index (Phi) is 3.55. The van der Waals surface area contributed by atoms with E-state index in [0.29, 0.717) is 0 Å². The van der Waals surface area contributed by atoms with Crippen molar-refractivity contribution in [2.24, 2.45) is 4.99 Å². The number of nitrogens with zero attached hydrogens (tertiary/aromatic N) is 3. The molecule has 8 nitrogen and oxygen atoms in total. The van der Waals surface area contributed by atoms with E-state index in [1.54, 1.807) is 0 Å². The van der Waals surface area contributed by atoms with Gasteiger partial charge in [-0.15, -0.1) is 0 Å². The molecule has 10 heteroatoms. The SMILES string of the molecule is CN=C(C(=O)OS(C)(=O)=O)c1nsc(N)n1. The number of rotatable bonds is 3. The van der Waals surface area contributed by atoms with Gasteiger partial charge in [0.15, 0.2) is 10.8 Å². The van der Waals surface area contributed by atoms with Crippen LogP contribution in [0.4, 0.5) is 5.13 Å². The minimum Gasteiger partial charge on any atom is -0.374 e. The first-order chi connectivity index (χ1) is 7.33. The molecule has 1 aromatic rings. The Labute approximate surface area is 95.5 Å². The molecule has 0 spiro atoms. The fraction of sp³-hybridized carbons (Fsp3) is 0.333. The van der Waals surface area contributed by atoms with Crippen molar-refractivity contribution in [3.8, 4) is 0 Å². The molecular weight excluding hydrogens is 256 g/mol. The molecule has 0 aromatic carbocycles. The minimum absolute atomic E-state index is 0.0568. The van der Waals surface area contributed by atoms with E-state index < -0.39 is 16.1 Å². The van der Waals surface area contributed by atoms with Crippen molar-refractivity contribution < 1.29 is 17.4 Å². The van der Waals surface area contributed by atoms with Gasteiger partial charge >= 0.3 is 16.1 Å². The second-order valence-corrected chi connectivity index (χ2v) is 4.96. The van der Waals surface area contributed by atoms with Crippen LogP contribution < -0.4 is 5.73 Å². The van der Waals surface area contributed by atoms with Gasteiger partial charge in [-0.3, -0.25) is 4.99 Å². The maximum absolute atomic E-state index is 11.4. The van der Waals surface area contributed by atoms with Gasteiger partial charge < -0.3 is 9.92 Å². The summed E-state index contributed by atoms with van der Waals surface area (Å²) in [4.78, 5) is 18.6. The van der Waals surface area contributed by atoms with Crippen LogP contribution in [0.5, 0.6) is 0 Å². The standard InChI is InChI=1S/C6H8N4O4S2/c1-8-3(4-9-6(7)15-10-4)5(11)14-16(2,12)13/h1-2H3,(H2,7,9,10). The van der Waals surface area contributed by atoms with E-state index in [-0.39, 0.29) is 16.7 Å². The van der Waals surface area contributed by atoms with E-state index >= 15 is 0 Å². The smallest absolute Gasteiger partial charge is 0.374 e. The lowest BCUT2D eigenvalue weighted by atomic mass is 10.3. The maximum atomic E-state index is 11.4. The van der Waals surface area contributed by atoms with Crippen LogP contribution in [0, 0.1) is 0 Å². The highest BCUT2D eigenvalue weighted by molar-refractivity contribution is 7.86. The van der Waals surface area contributed by atoms with E-state index in [1.807, 2.05) is 0 Å². The second kappa shape index (κ2) is 4.53. The number of carbonyl (C=O) groups excluding carboxylic acids is 1. The first kappa shape index (κ1) is 12.5. The Morgan fingerprint density at radius 2 is 2.19 bits per heavy atom. The average Bonchev–Trinajstić information content (AvgIpc) is 2.49. The average molecular weight is 264 g/mol. The van der Waals surface area contributed by atoms with Crippen molar-refractivity contribution in [1.29, 1.82) is 0 Å². The molecule has 1 rings (SSSR count). The summed E-state index contributed by atoms with van der Waals surface area (Å²) in [6.07, 6.45) is 0.751. The van der Waals surface area contributed by atoms with Crippen molar-refractivity contribution in [3.05, 3.63) is 5.82 Å². The molecule has 0 aliphatic heterocycles. The van der Waals surface area contributed by atoms with Crippen LogP contribution in [-0.2, 0) is 19.1 Å². The number of nitrogen functional groups attached to an aromatic ring is 1. The summed E-state index contributed by atoms with van der Waals surface area (Å²) in [6, 6.07) is 0. The molecule has 0 aliphatic carbocycles. The number of hydrogen-bond acceptors (Lipinski definition) is 9. The van der Waals surface area contributed by atoms with Gasteiger partial charge in [-0.25, -0.2) is 4.79 Å². The third kappa shape index (κ3) is 3.24. The Morgan fingerprint density at radius 3 is 2.56 bits per heavy atom. The summed E-state index contributed by atoms with van der Waals surface area (Å²) < 4.78 is 29.3. The van der Waals surface area contributed by atoms with E-state index in [9.17, 15) is 13.2 Å². The predicted octanol–water partition coefficient (Wildman–Crippen LogP) is -0.958. The van der Waals surface area contributed by atoms with Crippen molar-refractivity contribution in [3.63, 3.8) is 0 Å². The number of hydrogen-bond donors (Lipinski definition) is 1. The van der Waals surface area contributed by atoms with Gasteiger partial charge in [-0.05, 0) is 0 Å². The summed E-state index contributed by atoms with van der Waals surface area (Å²) >= 11 is 0.862. The second-order valence-electron chi connectivity index (χ2n) is 2.60. The Morgan fingerprint density at radius 1 is 1.56 bits per heavy atom. The maximum Gasteiger partial charge on any atom is 0.375 e. The lowest BCUT2D eigenvalue weighted by Crippen LogP contribution is -2.23. The molecule has 2 N–H and O–H groups in total. The van der Waals surface area contributed by atoms with Crippen LogP contribution in [0.25, 0.3) is 0 Å². The highest BCUT2D eigenvalue weighted by atomic mass is 32.2. The largest absolute Gasteiger partial charge is 0.375 e. The zero-order chi connectivity index (χ0) is 12.3. The van der Waals surface area contributed by atoms with Crippen LogP contribution in [-0.4, -0.2) is 42.8 Å². The van der Waals surface area contributed by atoms with Gasteiger partial charge in [-0.2, -0.15) is 17.8 Å². The summed E-state index contributed by atoms with van der Waals surface area (Å²) in [7, 11) is -2.61. The van der Waals surface area contributed by atoms with Crippen molar-refractivity contribution >= 4 is 38.5 Å². The monoisotopic (exact) mass is 264 g/mol. The van der Waals surface area contributed by atoms with Crippen LogP contribution in [0.1, 0.15) is 5.82 Å². The van der Waals surface area contributed by atoms with Crippen LogP contribution >= 0.6 is 11.5 Å². The van der Waals surface area contributed by atoms with Crippen LogP contribution in [0.3, 0.4) is 0 Å². The molecule has 0 unspecified atom stereocenters.